The molecule has 1 aliphatic heterocycles. The number of hydrogen-bond acceptors (Lipinski definition) is 3. The number of aliphatic hydroxyl groups is 1. The quantitative estimate of drug-likeness (QED) is 0.741. The van der Waals surface area contributed by atoms with Crippen LogP contribution in [0.1, 0.15) is 25.7 Å². The maximum absolute atomic E-state index is 12.4. The Hall–Kier alpha value is -1.36. The van der Waals surface area contributed by atoms with Gasteiger partial charge in [0, 0.05) is 19.7 Å². The van der Waals surface area contributed by atoms with Gasteiger partial charge in [-0.15, -0.1) is 0 Å². The standard InChI is InChI=1S/C14H21NO4/c16-8-6-10-5-7-15(9-10)13(17)11-3-1-2-4-12(11)14(18)19/h1-2,10-12,16H,3-9H2,(H,18,19)/t10?,11-,12+/m1/s1. The molecule has 1 fully saturated rings. The van der Waals surface area contributed by atoms with E-state index >= 15 is 0 Å². The molecule has 2 rings (SSSR count). The molecule has 3 atom stereocenters. The molecule has 1 aliphatic carbocycles. The first kappa shape index (κ1) is 14.1. The van der Waals surface area contributed by atoms with Crippen molar-refractivity contribution >= 4 is 11.9 Å². The molecular formula is C14H21NO4. The average molecular weight is 267 g/mol. The molecule has 5 nitrogen and oxygen atoms in total. The van der Waals surface area contributed by atoms with E-state index in [9.17, 15) is 14.7 Å². The van der Waals surface area contributed by atoms with Gasteiger partial charge in [-0.1, -0.05) is 12.2 Å². The number of amides is 1. The summed E-state index contributed by atoms with van der Waals surface area (Å²) in [5, 5.41) is 18.1. The van der Waals surface area contributed by atoms with E-state index in [-0.39, 0.29) is 12.5 Å². The summed E-state index contributed by atoms with van der Waals surface area (Å²) >= 11 is 0. The third-order valence-electron chi connectivity index (χ3n) is 4.20. The molecule has 0 aromatic heterocycles. The third-order valence-corrected chi connectivity index (χ3v) is 4.20. The van der Waals surface area contributed by atoms with E-state index < -0.39 is 17.8 Å². The van der Waals surface area contributed by atoms with Crippen LogP contribution in [-0.4, -0.2) is 46.7 Å². The number of carbonyl (C=O) groups excluding carboxylic acids is 1. The highest BCUT2D eigenvalue weighted by atomic mass is 16.4. The summed E-state index contributed by atoms with van der Waals surface area (Å²) < 4.78 is 0. The van der Waals surface area contributed by atoms with Gasteiger partial charge in [-0.05, 0) is 31.6 Å². The summed E-state index contributed by atoms with van der Waals surface area (Å²) in [5.74, 6) is -1.56. The minimum absolute atomic E-state index is 0.0304. The molecule has 2 aliphatic rings. The van der Waals surface area contributed by atoms with Crippen molar-refractivity contribution in [3.63, 3.8) is 0 Å². The molecule has 0 saturated carbocycles. The van der Waals surface area contributed by atoms with E-state index in [1.165, 1.54) is 0 Å². The predicted molar refractivity (Wildman–Crippen MR) is 69.4 cm³/mol. The zero-order valence-corrected chi connectivity index (χ0v) is 11.0. The van der Waals surface area contributed by atoms with Gasteiger partial charge in [-0.2, -0.15) is 0 Å². The Balaban J connectivity index is 1.99. The van der Waals surface area contributed by atoms with Crippen LogP contribution in [0, 0.1) is 17.8 Å². The van der Waals surface area contributed by atoms with Gasteiger partial charge in [0.15, 0.2) is 0 Å². The molecule has 1 unspecified atom stereocenters. The van der Waals surface area contributed by atoms with E-state index in [1.54, 1.807) is 4.90 Å². The van der Waals surface area contributed by atoms with E-state index in [2.05, 4.69) is 0 Å². The molecule has 106 valence electrons. The van der Waals surface area contributed by atoms with Crippen LogP contribution >= 0.6 is 0 Å². The van der Waals surface area contributed by atoms with Crippen LogP contribution in [-0.2, 0) is 9.59 Å². The third kappa shape index (κ3) is 3.15. The number of rotatable bonds is 4. The Morgan fingerprint density at radius 1 is 1.21 bits per heavy atom. The summed E-state index contributed by atoms with van der Waals surface area (Å²) in [4.78, 5) is 25.4. The van der Waals surface area contributed by atoms with Crippen LogP contribution < -0.4 is 0 Å². The van der Waals surface area contributed by atoms with Gasteiger partial charge in [0.2, 0.25) is 5.91 Å². The fraction of sp³-hybridized carbons (Fsp3) is 0.714. The first-order valence-corrected chi connectivity index (χ1v) is 6.91. The molecule has 1 saturated heterocycles. The molecular weight excluding hydrogens is 246 g/mol. The molecule has 0 spiro atoms. The molecule has 19 heavy (non-hydrogen) atoms. The Bertz CT molecular complexity index is 380. The fourth-order valence-electron chi connectivity index (χ4n) is 3.05. The molecule has 5 heteroatoms. The number of carbonyl (C=O) groups is 2. The second-order valence-corrected chi connectivity index (χ2v) is 5.45. The van der Waals surface area contributed by atoms with Crippen LogP contribution in [0.25, 0.3) is 0 Å². The van der Waals surface area contributed by atoms with Gasteiger partial charge in [0.25, 0.3) is 0 Å². The normalized spacial score (nSPS) is 30.6. The lowest BCUT2D eigenvalue weighted by Crippen LogP contribution is -2.40. The summed E-state index contributed by atoms with van der Waals surface area (Å²) in [5.41, 5.74) is 0. The maximum Gasteiger partial charge on any atom is 0.307 e. The Morgan fingerprint density at radius 3 is 2.53 bits per heavy atom. The summed E-state index contributed by atoms with van der Waals surface area (Å²) in [6.45, 7) is 1.50. The van der Waals surface area contributed by atoms with Crippen LogP contribution in [0.5, 0.6) is 0 Å². The fourth-order valence-corrected chi connectivity index (χ4v) is 3.05. The van der Waals surface area contributed by atoms with E-state index in [4.69, 9.17) is 5.11 Å². The predicted octanol–water partition coefficient (Wildman–Crippen LogP) is 0.884. The molecule has 0 aromatic rings. The zero-order valence-electron chi connectivity index (χ0n) is 11.0. The Morgan fingerprint density at radius 2 is 1.89 bits per heavy atom. The van der Waals surface area contributed by atoms with Crippen molar-refractivity contribution in [2.45, 2.75) is 25.7 Å². The molecule has 0 bridgehead atoms. The van der Waals surface area contributed by atoms with E-state index in [0.717, 1.165) is 12.8 Å². The Kier molecular flexibility index (Phi) is 4.58. The summed E-state index contributed by atoms with van der Waals surface area (Å²) in [6.07, 6.45) is 6.35. The topological polar surface area (TPSA) is 77.8 Å². The van der Waals surface area contributed by atoms with Gasteiger partial charge in [-0.25, -0.2) is 0 Å². The van der Waals surface area contributed by atoms with Gasteiger partial charge in [0.05, 0.1) is 11.8 Å². The highest BCUT2D eigenvalue weighted by molar-refractivity contribution is 5.85. The molecule has 1 heterocycles. The highest BCUT2D eigenvalue weighted by Gasteiger charge is 2.38. The monoisotopic (exact) mass is 267 g/mol. The number of allylic oxidation sites excluding steroid dienone is 2. The van der Waals surface area contributed by atoms with Crippen molar-refractivity contribution in [3.8, 4) is 0 Å². The van der Waals surface area contributed by atoms with Crippen LogP contribution in [0.15, 0.2) is 12.2 Å². The summed E-state index contributed by atoms with van der Waals surface area (Å²) in [6, 6.07) is 0. The first-order valence-electron chi connectivity index (χ1n) is 6.91. The van der Waals surface area contributed by atoms with E-state index in [0.29, 0.717) is 31.8 Å². The Labute approximate surface area is 112 Å². The zero-order chi connectivity index (χ0) is 13.8. The van der Waals surface area contributed by atoms with Gasteiger partial charge < -0.3 is 15.1 Å². The van der Waals surface area contributed by atoms with Crippen molar-refractivity contribution < 1.29 is 19.8 Å². The van der Waals surface area contributed by atoms with Crippen LogP contribution in [0.2, 0.25) is 0 Å². The van der Waals surface area contributed by atoms with Crippen LogP contribution in [0.3, 0.4) is 0 Å². The van der Waals surface area contributed by atoms with Crippen molar-refractivity contribution in [1.82, 2.24) is 4.90 Å². The second-order valence-electron chi connectivity index (χ2n) is 5.45. The van der Waals surface area contributed by atoms with Gasteiger partial charge >= 0.3 is 5.97 Å². The number of likely N-dealkylation sites (tertiary alicyclic amines) is 1. The molecule has 2 N–H and O–H groups in total. The number of aliphatic carboxylic acids is 1. The van der Waals surface area contributed by atoms with Gasteiger partial charge in [0.1, 0.15) is 0 Å². The lowest BCUT2D eigenvalue weighted by Gasteiger charge is -2.28. The molecule has 1 amide bonds. The second kappa shape index (κ2) is 6.19. The average Bonchev–Trinajstić information content (AvgIpc) is 2.87. The number of hydrogen-bond donors (Lipinski definition) is 2. The van der Waals surface area contributed by atoms with E-state index in [1.807, 2.05) is 12.2 Å². The van der Waals surface area contributed by atoms with Gasteiger partial charge in [-0.3, -0.25) is 9.59 Å². The smallest absolute Gasteiger partial charge is 0.307 e. The molecule has 0 radical (unpaired) electrons. The minimum Gasteiger partial charge on any atom is -0.481 e. The largest absolute Gasteiger partial charge is 0.481 e. The lowest BCUT2D eigenvalue weighted by molar-refractivity contribution is -0.150. The minimum atomic E-state index is -0.881. The summed E-state index contributed by atoms with van der Waals surface area (Å²) in [7, 11) is 0. The van der Waals surface area contributed by atoms with Crippen molar-refractivity contribution in [3.05, 3.63) is 12.2 Å². The van der Waals surface area contributed by atoms with Crippen molar-refractivity contribution in [2.75, 3.05) is 19.7 Å². The SMILES string of the molecule is O=C(O)[C@H]1CC=CC[C@H]1C(=O)N1CCC(CCO)C1. The number of carboxylic acids is 1. The number of nitrogens with zero attached hydrogens (tertiary/aromatic N) is 1. The van der Waals surface area contributed by atoms with Crippen molar-refractivity contribution in [2.24, 2.45) is 17.8 Å². The maximum atomic E-state index is 12.4. The number of aliphatic hydroxyl groups excluding tert-OH is 1. The number of carboxylic acid groups (broad SMARTS) is 1. The van der Waals surface area contributed by atoms with Crippen molar-refractivity contribution in [1.29, 1.82) is 0 Å². The molecule has 0 aromatic carbocycles. The van der Waals surface area contributed by atoms with Crippen LogP contribution in [0.4, 0.5) is 0 Å². The highest BCUT2D eigenvalue weighted by Crippen LogP contribution is 2.30. The lowest BCUT2D eigenvalue weighted by atomic mass is 9.82. The first-order chi connectivity index (χ1) is 9.13.